The van der Waals surface area contributed by atoms with Gasteiger partial charge in [0.1, 0.15) is 6.04 Å². The summed E-state index contributed by atoms with van der Waals surface area (Å²) >= 11 is 0. The number of nitrogens with zero attached hydrogens (tertiary/aromatic N) is 1. The third kappa shape index (κ3) is 5.91. The van der Waals surface area contributed by atoms with Gasteiger partial charge in [-0.25, -0.2) is 4.79 Å². The van der Waals surface area contributed by atoms with Crippen LogP contribution < -0.4 is 5.32 Å². The summed E-state index contributed by atoms with van der Waals surface area (Å²) in [5.41, 5.74) is 0. The highest BCUT2D eigenvalue weighted by atomic mass is 16.5. The highest BCUT2D eigenvalue weighted by molar-refractivity contribution is 5.84. The standard InChI is InChI=1S/C12H20N2O3/c1-8(2)7-10(15)14-11(12(16)17-4)9(3)5-6-13/h8-9,11H,5,7H2,1-4H3,(H,14,15)/t9-,11-/m1/s1. The Labute approximate surface area is 102 Å². The first kappa shape index (κ1) is 15.4. The fourth-order valence-corrected chi connectivity index (χ4v) is 1.43. The van der Waals surface area contributed by atoms with Crippen molar-refractivity contribution in [1.82, 2.24) is 5.32 Å². The molecule has 2 atom stereocenters. The van der Waals surface area contributed by atoms with Gasteiger partial charge in [-0.1, -0.05) is 20.8 Å². The number of rotatable bonds is 6. The van der Waals surface area contributed by atoms with Crippen LogP contribution in [-0.4, -0.2) is 25.0 Å². The number of amides is 1. The quantitative estimate of drug-likeness (QED) is 0.708. The molecule has 0 aliphatic heterocycles. The fraction of sp³-hybridized carbons (Fsp3) is 0.750. The largest absolute Gasteiger partial charge is 0.467 e. The lowest BCUT2D eigenvalue weighted by molar-refractivity contribution is -0.146. The Morgan fingerprint density at radius 2 is 1.94 bits per heavy atom. The van der Waals surface area contributed by atoms with E-state index in [1.165, 1.54) is 7.11 Å². The summed E-state index contributed by atoms with van der Waals surface area (Å²) in [5.74, 6) is -0.742. The smallest absolute Gasteiger partial charge is 0.328 e. The van der Waals surface area contributed by atoms with Crippen LogP contribution in [0.3, 0.4) is 0 Å². The molecule has 0 aromatic carbocycles. The monoisotopic (exact) mass is 240 g/mol. The number of nitrogens with one attached hydrogen (secondary N) is 1. The summed E-state index contributed by atoms with van der Waals surface area (Å²) in [7, 11) is 1.27. The van der Waals surface area contributed by atoms with Crippen LogP contribution in [0.5, 0.6) is 0 Å². The molecule has 5 nitrogen and oxygen atoms in total. The van der Waals surface area contributed by atoms with Gasteiger partial charge in [-0.15, -0.1) is 0 Å². The number of nitriles is 1. The molecule has 0 aromatic heterocycles. The second-order valence-corrected chi connectivity index (χ2v) is 4.51. The normalized spacial score (nSPS) is 13.6. The minimum atomic E-state index is -0.745. The lowest BCUT2D eigenvalue weighted by atomic mass is 9.98. The topological polar surface area (TPSA) is 79.2 Å². The molecule has 0 radical (unpaired) electrons. The molecule has 96 valence electrons. The van der Waals surface area contributed by atoms with Crippen LogP contribution in [0.1, 0.15) is 33.6 Å². The maximum atomic E-state index is 11.6. The first-order chi connectivity index (χ1) is 7.92. The summed E-state index contributed by atoms with van der Waals surface area (Å²) in [5, 5.41) is 11.2. The van der Waals surface area contributed by atoms with E-state index < -0.39 is 12.0 Å². The molecule has 17 heavy (non-hydrogen) atoms. The maximum absolute atomic E-state index is 11.6. The first-order valence-corrected chi connectivity index (χ1v) is 5.66. The molecule has 0 saturated heterocycles. The van der Waals surface area contributed by atoms with Gasteiger partial charge >= 0.3 is 5.97 Å². The van der Waals surface area contributed by atoms with Gasteiger partial charge in [0.2, 0.25) is 5.91 Å². The second-order valence-electron chi connectivity index (χ2n) is 4.51. The minimum Gasteiger partial charge on any atom is -0.467 e. The number of hydrogen-bond acceptors (Lipinski definition) is 4. The molecule has 1 N–H and O–H groups in total. The molecule has 0 aromatic rings. The van der Waals surface area contributed by atoms with Gasteiger partial charge in [-0.3, -0.25) is 4.79 Å². The van der Waals surface area contributed by atoms with Gasteiger partial charge in [0.15, 0.2) is 0 Å². The van der Waals surface area contributed by atoms with Crippen LogP contribution in [0.4, 0.5) is 0 Å². The molecular formula is C12H20N2O3. The summed E-state index contributed by atoms with van der Waals surface area (Å²) < 4.78 is 4.62. The van der Waals surface area contributed by atoms with Crippen molar-refractivity contribution in [3.05, 3.63) is 0 Å². The van der Waals surface area contributed by atoms with E-state index in [9.17, 15) is 9.59 Å². The summed E-state index contributed by atoms with van der Waals surface area (Å²) in [6.07, 6.45) is 0.550. The lowest BCUT2D eigenvalue weighted by Crippen LogP contribution is -2.46. The van der Waals surface area contributed by atoms with Crippen molar-refractivity contribution in [2.45, 2.75) is 39.7 Å². The third-order valence-corrected chi connectivity index (χ3v) is 2.35. The van der Waals surface area contributed by atoms with E-state index in [0.717, 1.165) is 0 Å². The number of esters is 1. The van der Waals surface area contributed by atoms with E-state index in [1.807, 2.05) is 19.9 Å². The lowest BCUT2D eigenvalue weighted by Gasteiger charge is -2.21. The van der Waals surface area contributed by atoms with Crippen LogP contribution in [0.2, 0.25) is 0 Å². The molecule has 0 bridgehead atoms. The second kappa shape index (κ2) is 7.66. The molecule has 0 aliphatic rings. The van der Waals surface area contributed by atoms with E-state index in [0.29, 0.717) is 6.42 Å². The number of carbonyl (C=O) groups is 2. The highest BCUT2D eigenvalue weighted by Crippen LogP contribution is 2.10. The number of carbonyl (C=O) groups excluding carboxylic acids is 2. The van der Waals surface area contributed by atoms with E-state index in [4.69, 9.17) is 5.26 Å². The maximum Gasteiger partial charge on any atom is 0.328 e. The van der Waals surface area contributed by atoms with Crippen LogP contribution in [0, 0.1) is 23.2 Å². The molecule has 0 unspecified atom stereocenters. The SMILES string of the molecule is COC(=O)[C@H](NC(=O)CC(C)C)[C@H](C)CC#N. The Bertz CT molecular complexity index is 307. The average molecular weight is 240 g/mol. The van der Waals surface area contributed by atoms with Gasteiger partial charge in [0, 0.05) is 18.8 Å². The highest BCUT2D eigenvalue weighted by Gasteiger charge is 2.27. The van der Waals surface area contributed by atoms with Crippen LogP contribution >= 0.6 is 0 Å². The number of hydrogen-bond donors (Lipinski definition) is 1. The molecule has 0 spiro atoms. The molecule has 0 fully saturated rings. The van der Waals surface area contributed by atoms with E-state index in [-0.39, 0.29) is 24.2 Å². The van der Waals surface area contributed by atoms with Crippen LogP contribution in [0.25, 0.3) is 0 Å². The van der Waals surface area contributed by atoms with E-state index >= 15 is 0 Å². The van der Waals surface area contributed by atoms with Crippen LogP contribution in [0.15, 0.2) is 0 Å². The van der Waals surface area contributed by atoms with Gasteiger partial charge in [-0.2, -0.15) is 5.26 Å². The van der Waals surface area contributed by atoms with Crippen molar-refractivity contribution in [3.8, 4) is 6.07 Å². The fourth-order valence-electron chi connectivity index (χ4n) is 1.43. The molecule has 0 aliphatic carbocycles. The van der Waals surface area contributed by atoms with Crippen LogP contribution in [-0.2, 0) is 14.3 Å². The number of methoxy groups -OCH3 is 1. The molecule has 0 heterocycles. The Morgan fingerprint density at radius 1 is 1.35 bits per heavy atom. The van der Waals surface area contributed by atoms with Gasteiger partial charge in [0.25, 0.3) is 0 Å². The predicted molar refractivity (Wildman–Crippen MR) is 62.8 cm³/mol. The summed E-state index contributed by atoms with van der Waals surface area (Å²) in [6, 6.07) is 1.24. The summed E-state index contributed by atoms with van der Waals surface area (Å²) in [6.45, 7) is 5.58. The molecule has 0 rings (SSSR count). The molecule has 0 saturated carbocycles. The summed E-state index contributed by atoms with van der Waals surface area (Å²) in [4.78, 5) is 23.1. The van der Waals surface area contributed by atoms with Crippen molar-refractivity contribution < 1.29 is 14.3 Å². The third-order valence-electron chi connectivity index (χ3n) is 2.35. The number of ether oxygens (including phenoxy) is 1. The zero-order chi connectivity index (χ0) is 13.4. The van der Waals surface area contributed by atoms with Gasteiger partial charge in [0.05, 0.1) is 13.2 Å². The Balaban J connectivity index is 4.55. The zero-order valence-electron chi connectivity index (χ0n) is 10.8. The average Bonchev–Trinajstić information content (AvgIpc) is 2.24. The molecule has 5 heteroatoms. The van der Waals surface area contributed by atoms with Crippen molar-refractivity contribution >= 4 is 11.9 Å². The molecule has 1 amide bonds. The van der Waals surface area contributed by atoms with Crippen molar-refractivity contribution in [3.63, 3.8) is 0 Å². The van der Waals surface area contributed by atoms with Crippen molar-refractivity contribution in [1.29, 1.82) is 5.26 Å². The molecular weight excluding hydrogens is 220 g/mol. The Kier molecular flexibility index (Phi) is 6.95. The van der Waals surface area contributed by atoms with Gasteiger partial charge in [-0.05, 0) is 5.92 Å². The van der Waals surface area contributed by atoms with E-state index in [2.05, 4.69) is 10.1 Å². The Morgan fingerprint density at radius 3 is 2.35 bits per heavy atom. The zero-order valence-corrected chi connectivity index (χ0v) is 10.8. The van der Waals surface area contributed by atoms with Gasteiger partial charge < -0.3 is 10.1 Å². The first-order valence-electron chi connectivity index (χ1n) is 5.66. The Hall–Kier alpha value is -1.57. The minimum absolute atomic E-state index is 0.194. The van der Waals surface area contributed by atoms with E-state index in [1.54, 1.807) is 6.92 Å². The van der Waals surface area contributed by atoms with Crippen molar-refractivity contribution in [2.75, 3.05) is 7.11 Å². The van der Waals surface area contributed by atoms with Crippen molar-refractivity contribution in [2.24, 2.45) is 11.8 Å². The predicted octanol–water partition coefficient (Wildman–Crippen LogP) is 1.24.